The van der Waals surface area contributed by atoms with E-state index in [2.05, 4.69) is 19.7 Å². The third kappa shape index (κ3) is 4.25. The zero-order chi connectivity index (χ0) is 15.3. The molecule has 21 heavy (non-hydrogen) atoms. The summed E-state index contributed by atoms with van der Waals surface area (Å²) in [5.74, 6) is 0.715. The molecule has 0 saturated heterocycles. The molecule has 0 bridgehead atoms. The van der Waals surface area contributed by atoms with Crippen LogP contribution in [0, 0.1) is 0 Å². The van der Waals surface area contributed by atoms with Crippen molar-refractivity contribution in [2.75, 3.05) is 19.7 Å². The smallest absolute Gasteiger partial charge is 0.325 e. The molecule has 0 amide bonds. The molecule has 2 heterocycles. The van der Waals surface area contributed by atoms with Crippen LogP contribution in [0.25, 0.3) is 0 Å². The first kappa shape index (κ1) is 15.9. The molecule has 1 aromatic rings. The van der Waals surface area contributed by atoms with E-state index in [1.807, 2.05) is 0 Å². The standard InChI is InChI=1S/C14H25N5O2/c1-3-21-13(20)14(2,15)6-4-5-7-18-8-9-19-11-16-17-12(19)10-18/h11H,3-10,15H2,1-2H3. The molecule has 0 radical (unpaired) electrons. The highest BCUT2D eigenvalue weighted by Crippen LogP contribution is 2.15. The normalized spacial score (nSPS) is 18.0. The second kappa shape index (κ2) is 7.00. The van der Waals surface area contributed by atoms with Crippen molar-refractivity contribution in [1.82, 2.24) is 19.7 Å². The van der Waals surface area contributed by atoms with Crippen LogP contribution in [0.3, 0.4) is 0 Å². The molecule has 0 aromatic carbocycles. The third-order valence-electron chi connectivity index (χ3n) is 3.88. The molecule has 0 saturated carbocycles. The number of unbranched alkanes of at least 4 members (excludes halogenated alkanes) is 1. The average molecular weight is 295 g/mol. The molecule has 2 rings (SSSR count). The summed E-state index contributed by atoms with van der Waals surface area (Å²) in [6.07, 6.45) is 4.36. The molecule has 7 heteroatoms. The Morgan fingerprint density at radius 2 is 2.29 bits per heavy atom. The van der Waals surface area contributed by atoms with Gasteiger partial charge in [-0.1, -0.05) is 0 Å². The highest BCUT2D eigenvalue weighted by Gasteiger charge is 2.29. The van der Waals surface area contributed by atoms with Gasteiger partial charge in [0.15, 0.2) is 0 Å². The lowest BCUT2D eigenvalue weighted by molar-refractivity contribution is -0.149. The molecule has 7 nitrogen and oxygen atoms in total. The van der Waals surface area contributed by atoms with Crippen LogP contribution in [-0.4, -0.2) is 50.9 Å². The van der Waals surface area contributed by atoms with Crippen molar-refractivity contribution in [3.63, 3.8) is 0 Å². The Bertz CT molecular complexity index is 472. The van der Waals surface area contributed by atoms with Gasteiger partial charge in [0.25, 0.3) is 0 Å². The molecule has 1 unspecified atom stereocenters. The molecule has 1 aliphatic heterocycles. The van der Waals surface area contributed by atoms with Gasteiger partial charge in [-0.2, -0.15) is 0 Å². The fraction of sp³-hybridized carbons (Fsp3) is 0.786. The van der Waals surface area contributed by atoms with Gasteiger partial charge in [-0.15, -0.1) is 10.2 Å². The second-order valence-corrected chi connectivity index (χ2v) is 5.81. The maximum atomic E-state index is 11.7. The first-order valence-corrected chi connectivity index (χ1v) is 7.58. The molecular weight excluding hydrogens is 270 g/mol. The lowest BCUT2D eigenvalue weighted by Crippen LogP contribution is -2.46. The Morgan fingerprint density at radius 1 is 1.48 bits per heavy atom. The number of hydrogen-bond donors (Lipinski definition) is 1. The molecule has 118 valence electrons. The third-order valence-corrected chi connectivity index (χ3v) is 3.88. The van der Waals surface area contributed by atoms with Gasteiger partial charge in [0.05, 0.1) is 13.2 Å². The molecule has 2 N–H and O–H groups in total. The number of carbonyl (C=O) groups excluding carboxylic acids is 1. The molecular formula is C14H25N5O2. The first-order chi connectivity index (χ1) is 10.0. The van der Waals surface area contributed by atoms with Crippen molar-refractivity contribution in [3.05, 3.63) is 12.2 Å². The number of nitrogens with two attached hydrogens (primary N) is 1. The minimum absolute atomic E-state index is 0.309. The van der Waals surface area contributed by atoms with Crippen LogP contribution < -0.4 is 5.73 Å². The number of hydrogen-bond acceptors (Lipinski definition) is 6. The van der Waals surface area contributed by atoms with Crippen molar-refractivity contribution < 1.29 is 9.53 Å². The highest BCUT2D eigenvalue weighted by molar-refractivity contribution is 5.79. The number of fused-ring (bicyclic) bond motifs is 1. The van der Waals surface area contributed by atoms with Crippen molar-refractivity contribution in [2.24, 2.45) is 5.73 Å². The Balaban J connectivity index is 1.67. The van der Waals surface area contributed by atoms with Gasteiger partial charge >= 0.3 is 5.97 Å². The molecule has 0 fully saturated rings. The maximum Gasteiger partial charge on any atom is 0.325 e. The van der Waals surface area contributed by atoms with Crippen LogP contribution in [0.5, 0.6) is 0 Å². The van der Waals surface area contributed by atoms with E-state index in [0.29, 0.717) is 13.0 Å². The van der Waals surface area contributed by atoms with Crippen LogP contribution in [0.15, 0.2) is 6.33 Å². The van der Waals surface area contributed by atoms with Gasteiger partial charge < -0.3 is 15.0 Å². The quantitative estimate of drug-likeness (QED) is 0.584. The molecule has 1 aromatic heterocycles. The van der Waals surface area contributed by atoms with E-state index in [-0.39, 0.29) is 5.97 Å². The minimum Gasteiger partial charge on any atom is -0.465 e. The summed E-state index contributed by atoms with van der Waals surface area (Å²) in [6.45, 7) is 7.71. The highest BCUT2D eigenvalue weighted by atomic mass is 16.5. The van der Waals surface area contributed by atoms with Crippen LogP contribution in [-0.2, 0) is 22.6 Å². The zero-order valence-electron chi connectivity index (χ0n) is 12.9. The Kier molecular flexibility index (Phi) is 5.30. The first-order valence-electron chi connectivity index (χ1n) is 7.58. The second-order valence-electron chi connectivity index (χ2n) is 5.81. The van der Waals surface area contributed by atoms with Gasteiger partial charge in [0.1, 0.15) is 17.7 Å². The van der Waals surface area contributed by atoms with Gasteiger partial charge in [0, 0.05) is 13.1 Å². The lowest BCUT2D eigenvalue weighted by Gasteiger charge is -2.27. The van der Waals surface area contributed by atoms with E-state index in [1.54, 1.807) is 20.2 Å². The summed E-state index contributed by atoms with van der Waals surface area (Å²) < 4.78 is 7.08. The van der Waals surface area contributed by atoms with Crippen molar-refractivity contribution >= 4 is 5.97 Å². The van der Waals surface area contributed by atoms with Crippen molar-refractivity contribution in [3.8, 4) is 0 Å². The summed E-state index contributed by atoms with van der Waals surface area (Å²) in [5.41, 5.74) is 5.13. The maximum absolute atomic E-state index is 11.7. The van der Waals surface area contributed by atoms with Crippen LogP contribution in [0.1, 0.15) is 38.9 Å². The molecule has 0 spiro atoms. The Morgan fingerprint density at radius 3 is 3.05 bits per heavy atom. The SMILES string of the molecule is CCOC(=O)C(C)(N)CCCCN1CCn2cnnc2C1. The average Bonchev–Trinajstić information content (AvgIpc) is 2.91. The Hall–Kier alpha value is -1.47. The van der Waals surface area contributed by atoms with E-state index in [0.717, 1.165) is 44.8 Å². The van der Waals surface area contributed by atoms with Gasteiger partial charge in [0.2, 0.25) is 0 Å². The number of esters is 1. The van der Waals surface area contributed by atoms with E-state index in [1.165, 1.54) is 0 Å². The number of nitrogens with zero attached hydrogens (tertiary/aromatic N) is 4. The fourth-order valence-corrected chi connectivity index (χ4v) is 2.53. The predicted octanol–water partition coefficient (Wildman–Crippen LogP) is 0.545. The van der Waals surface area contributed by atoms with Gasteiger partial charge in [-0.05, 0) is 39.7 Å². The topological polar surface area (TPSA) is 86.3 Å². The molecule has 1 aliphatic rings. The fourth-order valence-electron chi connectivity index (χ4n) is 2.53. The van der Waals surface area contributed by atoms with Gasteiger partial charge in [-0.25, -0.2) is 0 Å². The van der Waals surface area contributed by atoms with E-state index >= 15 is 0 Å². The summed E-state index contributed by atoms with van der Waals surface area (Å²) in [5, 5.41) is 8.03. The zero-order valence-corrected chi connectivity index (χ0v) is 12.9. The predicted molar refractivity (Wildman–Crippen MR) is 78.4 cm³/mol. The molecule has 0 aliphatic carbocycles. The van der Waals surface area contributed by atoms with Crippen LogP contribution in [0.2, 0.25) is 0 Å². The number of rotatable bonds is 7. The number of ether oxygens (including phenoxy) is 1. The Labute approximate surface area is 125 Å². The van der Waals surface area contributed by atoms with Crippen LogP contribution in [0.4, 0.5) is 0 Å². The van der Waals surface area contributed by atoms with Crippen LogP contribution >= 0.6 is 0 Å². The van der Waals surface area contributed by atoms with Gasteiger partial charge in [-0.3, -0.25) is 9.69 Å². The summed E-state index contributed by atoms with van der Waals surface area (Å²) in [6, 6.07) is 0. The largest absolute Gasteiger partial charge is 0.465 e. The van der Waals surface area contributed by atoms with E-state index in [4.69, 9.17) is 10.5 Å². The monoisotopic (exact) mass is 295 g/mol. The molecule has 1 atom stereocenters. The number of aromatic nitrogens is 3. The van der Waals surface area contributed by atoms with Crippen molar-refractivity contribution in [1.29, 1.82) is 0 Å². The summed E-state index contributed by atoms with van der Waals surface area (Å²) in [7, 11) is 0. The summed E-state index contributed by atoms with van der Waals surface area (Å²) in [4.78, 5) is 14.1. The number of carbonyl (C=O) groups is 1. The van der Waals surface area contributed by atoms with E-state index in [9.17, 15) is 4.79 Å². The minimum atomic E-state index is -0.877. The van der Waals surface area contributed by atoms with E-state index < -0.39 is 5.54 Å². The lowest BCUT2D eigenvalue weighted by atomic mass is 9.96. The summed E-state index contributed by atoms with van der Waals surface area (Å²) >= 11 is 0. The van der Waals surface area contributed by atoms with Crippen molar-refractivity contribution in [2.45, 2.75) is 51.7 Å².